The van der Waals surface area contributed by atoms with Crippen LogP contribution in [0.15, 0.2) is 30.3 Å². The molecule has 0 saturated carbocycles. The fourth-order valence-corrected chi connectivity index (χ4v) is 1.26. The fourth-order valence-electron chi connectivity index (χ4n) is 1.26. The normalized spacial score (nSPS) is 16.1. The minimum atomic E-state index is -1.40. The van der Waals surface area contributed by atoms with Crippen LogP contribution in [0, 0.1) is 12.3 Å². The number of hydrogen-bond acceptors (Lipinski definition) is 2. The van der Waals surface area contributed by atoms with Crippen LogP contribution in [-0.2, 0) is 0 Å². The number of carbonyl (C=O) groups is 1. The molecule has 0 bridgehead atoms. The predicted molar refractivity (Wildman–Crippen MR) is 56.3 cm³/mol. The molecule has 0 aliphatic heterocycles. The third kappa shape index (κ3) is 1.84. The Balaban J connectivity index is 3.26. The molecule has 4 heteroatoms. The summed E-state index contributed by atoms with van der Waals surface area (Å²) >= 11 is 0. The summed E-state index contributed by atoms with van der Waals surface area (Å²) in [5, 5.41) is 19.0. The van der Waals surface area contributed by atoms with Crippen molar-refractivity contribution in [2.24, 2.45) is 0 Å². The van der Waals surface area contributed by atoms with Gasteiger partial charge in [-0.2, -0.15) is 10.0 Å². The van der Waals surface area contributed by atoms with Crippen LogP contribution in [-0.4, -0.2) is 22.4 Å². The topological polar surface area (TPSA) is 57.5 Å². The van der Waals surface area contributed by atoms with Crippen LogP contribution in [0.25, 0.3) is 0 Å². The minimum Gasteiger partial charge on any atom is -0.433 e. The largest absolute Gasteiger partial charge is 0.553 e. The summed E-state index contributed by atoms with van der Waals surface area (Å²) in [4.78, 5) is 11.0. The summed E-state index contributed by atoms with van der Waals surface area (Å²) in [6.45, 7) is 1.47. The maximum absolute atomic E-state index is 11.0. The first-order chi connectivity index (χ1) is 7.03. The molecule has 4 nitrogen and oxygen atoms in total. The second-order valence-corrected chi connectivity index (χ2v) is 3.15. The number of quaternary nitrogens is 1. The zero-order valence-corrected chi connectivity index (χ0v) is 8.29. The van der Waals surface area contributed by atoms with Gasteiger partial charge in [-0.15, -0.1) is 6.42 Å². The number of carboxylic acid groups (broad SMARTS) is 1. The first-order valence-electron chi connectivity index (χ1n) is 4.40. The summed E-state index contributed by atoms with van der Waals surface area (Å²) in [5.41, 5.74) is 0.232. The van der Waals surface area contributed by atoms with E-state index in [9.17, 15) is 10.0 Å². The van der Waals surface area contributed by atoms with E-state index in [1.54, 1.807) is 18.2 Å². The van der Waals surface area contributed by atoms with Crippen LogP contribution in [0.3, 0.4) is 0 Å². The van der Waals surface area contributed by atoms with Gasteiger partial charge in [-0.05, 0) is 10.6 Å². The molecule has 1 unspecified atom stereocenters. The standard InChI is InChI=1S/C11H11NO3/c1-3-9(2)12(15,11(13)14)10-7-5-4-6-8-10/h1,4-9,15H,2H3/p+1/t9?,12-/m0/s1. The Morgan fingerprint density at radius 1 is 1.47 bits per heavy atom. The van der Waals surface area contributed by atoms with Gasteiger partial charge in [0.2, 0.25) is 0 Å². The quantitative estimate of drug-likeness (QED) is 0.337. The van der Waals surface area contributed by atoms with Crippen molar-refractivity contribution in [1.29, 1.82) is 0 Å². The molecular weight excluding hydrogens is 194 g/mol. The van der Waals surface area contributed by atoms with Crippen LogP contribution >= 0.6 is 0 Å². The van der Waals surface area contributed by atoms with Gasteiger partial charge in [-0.3, -0.25) is 0 Å². The Morgan fingerprint density at radius 3 is 2.40 bits per heavy atom. The molecule has 1 aromatic carbocycles. The highest BCUT2D eigenvalue weighted by Gasteiger charge is 2.43. The van der Waals surface area contributed by atoms with Crippen molar-refractivity contribution in [3.05, 3.63) is 30.3 Å². The van der Waals surface area contributed by atoms with E-state index in [4.69, 9.17) is 11.5 Å². The van der Waals surface area contributed by atoms with Gasteiger partial charge in [0, 0.05) is 19.1 Å². The third-order valence-electron chi connectivity index (χ3n) is 2.24. The molecule has 0 radical (unpaired) electrons. The van der Waals surface area contributed by atoms with Gasteiger partial charge in [0.25, 0.3) is 0 Å². The van der Waals surface area contributed by atoms with Crippen molar-refractivity contribution in [2.45, 2.75) is 13.0 Å². The van der Waals surface area contributed by atoms with Gasteiger partial charge in [-0.1, -0.05) is 18.2 Å². The number of amides is 1. The summed E-state index contributed by atoms with van der Waals surface area (Å²) in [6, 6.07) is 7.19. The van der Waals surface area contributed by atoms with Gasteiger partial charge in [0.1, 0.15) is 0 Å². The molecule has 1 rings (SSSR count). The molecule has 0 fully saturated rings. The lowest BCUT2D eigenvalue weighted by molar-refractivity contribution is -0.0681. The molecule has 0 aliphatic carbocycles. The first kappa shape index (κ1) is 11.2. The van der Waals surface area contributed by atoms with Crippen molar-refractivity contribution in [2.75, 3.05) is 0 Å². The van der Waals surface area contributed by atoms with E-state index in [1.807, 2.05) is 0 Å². The Morgan fingerprint density at radius 2 is 2.00 bits per heavy atom. The molecule has 1 amide bonds. The van der Waals surface area contributed by atoms with Crippen LogP contribution in [0.2, 0.25) is 0 Å². The zero-order valence-electron chi connectivity index (χ0n) is 8.29. The number of para-hydroxylation sites is 1. The number of benzene rings is 1. The molecule has 0 saturated heterocycles. The maximum atomic E-state index is 11.0. The number of hydroxylamine groups is 2. The Hall–Kier alpha value is -1.83. The van der Waals surface area contributed by atoms with Gasteiger partial charge >= 0.3 is 6.09 Å². The van der Waals surface area contributed by atoms with E-state index in [-0.39, 0.29) is 5.69 Å². The van der Waals surface area contributed by atoms with Crippen LogP contribution in [0.4, 0.5) is 10.5 Å². The van der Waals surface area contributed by atoms with Gasteiger partial charge in [0.05, 0.1) is 0 Å². The molecule has 15 heavy (non-hydrogen) atoms. The summed E-state index contributed by atoms with van der Waals surface area (Å²) < 4.78 is -1.29. The number of hydrogen-bond donors (Lipinski definition) is 2. The van der Waals surface area contributed by atoms with E-state index in [0.29, 0.717) is 0 Å². The smallest absolute Gasteiger partial charge is 0.433 e. The van der Waals surface area contributed by atoms with Crippen LogP contribution in [0.1, 0.15) is 6.92 Å². The lowest BCUT2D eigenvalue weighted by atomic mass is 10.2. The number of nitrogens with zero attached hydrogens (tertiary/aromatic N) is 1. The first-order valence-corrected chi connectivity index (χ1v) is 4.40. The van der Waals surface area contributed by atoms with E-state index in [0.717, 1.165) is 0 Å². The predicted octanol–water partition coefficient (Wildman–Crippen LogP) is 2.08. The Kier molecular flexibility index (Phi) is 3.10. The summed E-state index contributed by atoms with van der Waals surface area (Å²) in [5.74, 6) is 2.23. The summed E-state index contributed by atoms with van der Waals surface area (Å²) in [6.07, 6.45) is 3.75. The SMILES string of the molecule is C#CC(C)[N@@+](O)(C(=O)O)c1ccccc1. The molecule has 0 aromatic heterocycles. The molecule has 0 spiro atoms. The minimum absolute atomic E-state index is 0.232. The van der Waals surface area contributed by atoms with Gasteiger partial charge < -0.3 is 5.11 Å². The number of terminal acetylenes is 1. The highest BCUT2D eigenvalue weighted by atomic mass is 16.6. The van der Waals surface area contributed by atoms with Crippen LogP contribution in [0.5, 0.6) is 0 Å². The lowest BCUT2D eigenvalue weighted by Gasteiger charge is -2.26. The average molecular weight is 206 g/mol. The maximum Gasteiger partial charge on any atom is 0.553 e. The fraction of sp³-hybridized carbons (Fsp3) is 0.182. The van der Waals surface area contributed by atoms with E-state index >= 15 is 0 Å². The van der Waals surface area contributed by atoms with Crippen LogP contribution < -0.4 is 4.65 Å². The van der Waals surface area contributed by atoms with Crippen molar-refractivity contribution < 1.29 is 15.1 Å². The Labute approximate surface area is 87.9 Å². The van der Waals surface area contributed by atoms with E-state index in [2.05, 4.69) is 5.92 Å². The zero-order chi connectivity index (χ0) is 11.5. The Bertz CT molecular complexity index is 396. The van der Waals surface area contributed by atoms with Crippen molar-refractivity contribution >= 4 is 11.8 Å². The molecule has 2 atom stereocenters. The highest BCUT2D eigenvalue weighted by Crippen LogP contribution is 2.23. The molecule has 0 heterocycles. The third-order valence-corrected chi connectivity index (χ3v) is 2.24. The van der Waals surface area contributed by atoms with Gasteiger partial charge in [0.15, 0.2) is 11.7 Å². The van der Waals surface area contributed by atoms with Gasteiger partial charge in [-0.25, -0.2) is 0 Å². The highest BCUT2D eigenvalue weighted by molar-refractivity contribution is 5.79. The monoisotopic (exact) mass is 206 g/mol. The van der Waals surface area contributed by atoms with E-state index < -0.39 is 16.8 Å². The molecule has 2 N–H and O–H groups in total. The second-order valence-electron chi connectivity index (χ2n) is 3.15. The number of rotatable bonds is 2. The second kappa shape index (κ2) is 4.13. The molecule has 78 valence electrons. The summed E-state index contributed by atoms with van der Waals surface area (Å²) in [7, 11) is 0. The molecular formula is C11H12NO3+. The van der Waals surface area contributed by atoms with Crippen molar-refractivity contribution in [3.8, 4) is 12.3 Å². The average Bonchev–Trinajstić information content (AvgIpc) is 2.27. The molecule has 0 aliphatic rings. The molecule has 1 aromatic rings. The van der Waals surface area contributed by atoms with Crippen molar-refractivity contribution in [3.63, 3.8) is 0 Å². The van der Waals surface area contributed by atoms with Crippen molar-refractivity contribution in [1.82, 2.24) is 4.65 Å². The lowest BCUT2D eigenvalue weighted by Crippen LogP contribution is -2.56. The van der Waals surface area contributed by atoms with E-state index in [1.165, 1.54) is 19.1 Å².